The van der Waals surface area contributed by atoms with Gasteiger partial charge in [0, 0.05) is 18.2 Å². The van der Waals surface area contributed by atoms with Gasteiger partial charge in [-0.2, -0.15) is 5.26 Å². The lowest BCUT2D eigenvalue weighted by Crippen LogP contribution is -2.41. The van der Waals surface area contributed by atoms with E-state index >= 15 is 0 Å². The first-order valence-corrected chi connectivity index (χ1v) is 7.71. The van der Waals surface area contributed by atoms with Crippen LogP contribution >= 0.6 is 0 Å². The van der Waals surface area contributed by atoms with Crippen molar-refractivity contribution >= 4 is 0 Å². The third-order valence-electron chi connectivity index (χ3n) is 4.98. The Balaban J connectivity index is 2.08. The third kappa shape index (κ3) is 2.24. The van der Waals surface area contributed by atoms with Crippen LogP contribution in [0.4, 0.5) is 0 Å². The highest BCUT2D eigenvalue weighted by molar-refractivity contribution is 5.26. The van der Waals surface area contributed by atoms with E-state index in [4.69, 9.17) is 14.7 Å². The number of H-pyrrole nitrogens is 1. The molecule has 0 aromatic carbocycles. The third-order valence-corrected chi connectivity index (χ3v) is 4.98. The van der Waals surface area contributed by atoms with E-state index in [2.05, 4.69) is 17.6 Å². The van der Waals surface area contributed by atoms with E-state index in [1.165, 1.54) is 10.8 Å². The van der Waals surface area contributed by atoms with Crippen LogP contribution in [0.5, 0.6) is 0 Å². The fraction of sp³-hybridized carbons (Fsp3) is 0.562. The molecule has 2 aliphatic heterocycles. The second-order valence-corrected chi connectivity index (χ2v) is 6.21. The molecule has 2 fully saturated rings. The van der Waals surface area contributed by atoms with Crippen molar-refractivity contribution in [2.75, 3.05) is 13.2 Å². The molecule has 1 aromatic heterocycles. The molecule has 8 heteroatoms. The van der Waals surface area contributed by atoms with Gasteiger partial charge in [-0.15, -0.1) is 0 Å². The number of fused-ring (bicyclic) bond motifs is 1. The Morgan fingerprint density at radius 2 is 2.33 bits per heavy atom. The van der Waals surface area contributed by atoms with Gasteiger partial charge in [0.25, 0.3) is 5.56 Å². The van der Waals surface area contributed by atoms with Gasteiger partial charge in [-0.05, 0) is 18.9 Å². The minimum Gasteiger partial charge on any atom is -0.394 e. The number of aromatic nitrogens is 2. The van der Waals surface area contributed by atoms with E-state index in [0.717, 1.165) is 5.57 Å². The van der Waals surface area contributed by atoms with Gasteiger partial charge in [-0.25, -0.2) is 4.79 Å². The number of ether oxygens (including phenoxy) is 2. The topological polar surface area (TPSA) is 117 Å². The van der Waals surface area contributed by atoms with Crippen molar-refractivity contribution in [3.63, 3.8) is 0 Å². The number of nitriles is 1. The maximum Gasteiger partial charge on any atom is 0.330 e. The minimum atomic E-state index is -0.803. The first-order chi connectivity index (χ1) is 11.5. The van der Waals surface area contributed by atoms with Gasteiger partial charge in [-0.3, -0.25) is 14.3 Å². The zero-order valence-electron chi connectivity index (χ0n) is 13.3. The summed E-state index contributed by atoms with van der Waals surface area (Å²) in [5, 5.41) is 18.7. The van der Waals surface area contributed by atoms with Crippen LogP contribution in [0.1, 0.15) is 24.6 Å². The van der Waals surface area contributed by atoms with Crippen molar-refractivity contribution in [2.24, 2.45) is 5.41 Å². The van der Waals surface area contributed by atoms with Gasteiger partial charge in [0.1, 0.15) is 6.10 Å². The van der Waals surface area contributed by atoms with Crippen LogP contribution in [-0.2, 0) is 9.47 Å². The van der Waals surface area contributed by atoms with Crippen LogP contribution in [0, 0.1) is 23.7 Å². The molecule has 3 rings (SSSR count). The maximum atomic E-state index is 12.2. The van der Waals surface area contributed by atoms with E-state index in [1.54, 1.807) is 6.92 Å². The van der Waals surface area contributed by atoms with Crippen molar-refractivity contribution in [2.45, 2.75) is 38.2 Å². The number of nitrogens with one attached hydrogen (secondary N) is 1. The first kappa shape index (κ1) is 16.6. The normalized spacial score (nSPS) is 31.9. The van der Waals surface area contributed by atoms with Crippen LogP contribution in [0.15, 0.2) is 27.9 Å². The lowest BCUT2D eigenvalue weighted by Gasteiger charge is -2.31. The molecule has 0 amide bonds. The Morgan fingerprint density at radius 3 is 3.00 bits per heavy atom. The number of aryl methyl sites for hydroxylation is 1. The van der Waals surface area contributed by atoms with Gasteiger partial charge in [-0.1, -0.05) is 6.58 Å². The van der Waals surface area contributed by atoms with Gasteiger partial charge < -0.3 is 14.6 Å². The summed E-state index contributed by atoms with van der Waals surface area (Å²) in [7, 11) is 0. The molecule has 3 heterocycles. The van der Waals surface area contributed by atoms with Gasteiger partial charge in [0.15, 0.2) is 6.23 Å². The average Bonchev–Trinajstić information content (AvgIpc) is 3.04. The number of rotatable bonds is 4. The Kier molecular flexibility index (Phi) is 4.17. The molecule has 4 atom stereocenters. The number of nitrogens with zero attached hydrogens (tertiary/aromatic N) is 2. The van der Waals surface area contributed by atoms with E-state index in [9.17, 15) is 14.7 Å². The molecule has 1 aromatic rings. The fourth-order valence-electron chi connectivity index (χ4n) is 3.72. The Hall–Kier alpha value is -2.21. The van der Waals surface area contributed by atoms with Crippen LogP contribution in [0.25, 0.3) is 0 Å². The Labute approximate surface area is 137 Å². The molecule has 0 spiro atoms. The number of aliphatic hydroxyl groups is 1. The second-order valence-electron chi connectivity index (χ2n) is 6.21. The summed E-state index contributed by atoms with van der Waals surface area (Å²) in [6.45, 7) is 5.62. The molecule has 24 heavy (non-hydrogen) atoms. The van der Waals surface area contributed by atoms with E-state index in [0.29, 0.717) is 12.0 Å². The molecular formula is C16H19N3O5. The number of hydrogen-bond acceptors (Lipinski definition) is 6. The summed E-state index contributed by atoms with van der Waals surface area (Å²) in [5.41, 5.74) is -0.674. The molecule has 8 nitrogen and oxygen atoms in total. The van der Waals surface area contributed by atoms with Crippen LogP contribution in [-0.4, -0.2) is 40.1 Å². The van der Waals surface area contributed by atoms with Gasteiger partial charge >= 0.3 is 5.69 Å². The molecule has 128 valence electrons. The smallest absolute Gasteiger partial charge is 0.330 e. The molecule has 0 saturated carbocycles. The predicted octanol–water partition coefficient (Wildman–Crippen LogP) is -0.0201. The highest BCUT2D eigenvalue weighted by Crippen LogP contribution is 2.55. The van der Waals surface area contributed by atoms with Gasteiger partial charge in [0.2, 0.25) is 0 Å². The van der Waals surface area contributed by atoms with Gasteiger partial charge in [0.05, 0.1) is 30.8 Å². The Bertz CT molecular complexity index is 820. The summed E-state index contributed by atoms with van der Waals surface area (Å²) < 4.78 is 13.0. The van der Waals surface area contributed by atoms with Crippen molar-refractivity contribution in [1.29, 1.82) is 5.26 Å². The molecule has 0 aliphatic carbocycles. The highest BCUT2D eigenvalue weighted by Gasteiger charge is 2.62. The number of hydrogen-bond donors (Lipinski definition) is 2. The molecule has 2 N–H and O–H groups in total. The van der Waals surface area contributed by atoms with E-state index in [1.807, 2.05) is 0 Å². The zero-order valence-corrected chi connectivity index (χ0v) is 13.3. The summed E-state index contributed by atoms with van der Waals surface area (Å²) in [6, 6.07) is 2.10. The molecule has 0 radical (unpaired) electrons. The maximum absolute atomic E-state index is 12.2. The SMILES string of the molecule is C=C1CO[C@H]2[C@H](n3cc(C)c(=O)[nH]c3=O)O[C@H](CO)[C@@]12CCC#N. The quantitative estimate of drug-likeness (QED) is 0.748. The van der Waals surface area contributed by atoms with Crippen molar-refractivity contribution in [3.05, 3.63) is 44.8 Å². The summed E-state index contributed by atoms with van der Waals surface area (Å²) >= 11 is 0. The monoisotopic (exact) mass is 333 g/mol. The molecule has 2 aliphatic rings. The number of aromatic amines is 1. The molecule has 2 saturated heterocycles. The number of aliphatic hydroxyl groups excluding tert-OH is 1. The molecule has 0 unspecified atom stereocenters. The lowest BCUT2D eigenvalue weighted by atomic mass is 9.71. The molecule has 0 bridgehead atoms. The fourth-order valence-corrected chi connectivity index (χ4v) is 3.72. The van der Waals surface area contributed by atoms with Crippen LogP contribution in [0.3, 0.4) is 0 Å². The predicted molar refractivity (Wildman–Crippen MR) is 83.2 cm³/mol. The summed E-state index contributed by atoms with van der Waals surface area (Å²) in [4.78, 5) is 26.0. The first-order valence-electron chi connectivity index (χ1n) is 7.71. The lowest BCUT2D eigenvalue weighted by molar-refractivity contribution is -0.0699. The van der Waals surface area contributed by atoms with Crippen LogP contribution < -0.4 is 11.2 Å². The minimum absolute atomic E-state index is 0.255. The standard InChI is InChI=1S/C16H19N3O5/c1-9-6-19(15(22)18-13(9)21)14-12-16(4-3-5-17,10(2)8-23-12)11(7-20)24-14/h6,11-12,14,20H,2-4,7-8H2,1H3,(H,18,21,22)/t11-,12+,14-,16-/m1/s1. The van der Waals surface area contributed by atoms with Crippen LogP contribution in [0.2, 0.25) is 0 Å². The summed E-state index contributed by atoms with van der Waals surface area (Å²) in [5.74, 6) is 0. The van der Waals surface area contributed by atoms with Crippen molar-refractivity contribution in [1.82, 2.24) is 9.55 Å². The van der Waals surface area contributed by atoms with Crippen molar-refractivity contribution < 1.29 is 14.6 Å². The largest absolute Gasteiger partial charge is 0.394 e. The zero-order chi connectivity index (χ0) is 17.5. The van der Waals surface area contributed by atoms with E-state index in [-0.39, 0.29) is 19.6 Å². The van der Waals surface area contributed by atoms with E-state index < -0.39 is 35.1 Å². The Morgan fingerprint density at radius 1 is 1.58 bits per heavy atom. The summed E-state index contributed by atoms with van der Waals surface area (Å²) in [6.07, 6.45) is 0.110. The highest BCUT2D eigenvalue weighted by atomic mass is 16.6. The second kappa shape index (κ2) is 6.02. The average molecular weight is 333 g/mol. The molecular weight excluding hydrogens is 314 g/mol. The van der Waals surface area contributed by atoms with Crippen molar-refractivity contribution in [3.8, 4) is 6.07 Å².